The molecule has 0 spiro atoms. The first kappa shape index (κ1) is 93.5. The van der Waals surface area contributed by atoms with Crippen LogP contribution >= 0.6 is 0 Å². The molecule has 0 amide bonds. The van der Waals surface area contributed by atoms with Crippen molar-refractivity contribution in [2.24, 2.45) is 142 Å². The monoisotopic (exact) mass is 1550 g/mol. The molecule has 12 aliphatic rings. The third-order valence-electron chi connectivity index (χ3n) is 31.6. The standard InChI is InChI=1S/C27H50O4.C23H42O4.C19H36O4.C15H23N.C11H18O2/c1-5-22-17-23(6-2)27(19-29-21(4)31-25-15-11-8-12-16-25)26(22)18-28-20(3)30-24-13-9-7-10-14-24;1-6-18-14-19(7-2)20(15-18)21(26-17(5)25-9-4)16-22(24)27-23(8-3)12-10-11-13-23;1-7-20-14(5)22-10-18-16-9-17(13(4)12(16)3)19(18)11-23-15(6)21-8-2;1-3-9-5-10(4-2)15-13-7-11(14(9)15)6-12(13)8-16;1-3-7-5-8(4-2)10-9(7)6-13-11(10)12/h20-27H,5-19H2,1-4H3;17-21H,6-16H2,1-5H3;12-19H,7-11H2,1-6H3;9-15H,3-7H2,1-2H3;7-10H,3-6H2,1-2H3. The van der Waals surface area contributed by atoms with Crippen molar-refractivity contribution < 1.29 is 66.4 Å². The van der Waals surface area contributed by atoms with Crippen molar-refractivity contribution in [1.29, 1.82) is 5.26 Å². The molecule has 12 fully saturated rings. The summed E-state index contributed by atoms with van der Waals surface area (Å²) in [5, 5.41) is 9.24. The van der Waals surface area contributed by atoms with Gasteiger partial charge in [0, 0.05) is 31.7 Å². The number of cyclic esters (lactones) is 1. The van der Waals surface area contributed by atoms with E-state index in [1.807, 2.05) is 41.5 Å². The Morgan fingerprint density at radius 1 is 0.464 bits per heavy atom. The van der Waals surface area contributed by atoms with E-state index >= 15 is 0 Å². The number of hydrogen-bond acceptors (Lipinski definition) is 15. The average molecular weight is 1550 g/mol. The molecule has 0 aromatic rings. The van der Waals surface area contributed by atoms with E-state index < -0.39 is 0 Å². The molecule has 15 heteroatoms. The molecule has 30 unspecified atom stereocenters. The summed E-state index contributed by atoms with van der Waals surface area (Å²) in [6, 6.07) is 2.59. The summed E-state index contributed by atoms with van der Waals surface area (Å²) >= 11 is 0. The van der Waals surface area contributed by atoms with Gasteiger partial charge in [0.15, 0.2) is 31.5 Å². The molecule has 638 valence electrons. The third kappa shape index (κ3) is 25.3. The molecule has 0 aromatic carbocycles. The first-order valence-electron chi connectivity index (χ1n) is 47.2. The Hall–Kier alpha value is -1.97. The van der Waals surface area contributed by atoms with Crippen LogP contribution in [0.25, 0.3) is 0 Å². The fourth-order valence-corrected chi connectivity index (χ4v) is 25.3. The molecule has 110 heavy (non-hydrogen) atoms. The Morgan fingerprint density at radius 2 is 0.927 bits per heavy atom. The fraction of sp³-hybridized carbons (Fsp3) is 0.968. The number of nitrogens with zero attached hydrogens (tertiary/aromatic N) is 1. The van der Waals surface area contributed by atoms with Crippen LogP contribution < -0.4 is 0 Å². The molecule has 0 N–H and O–H groups in total. The van der Waals surface area contributed by atoms with E-state index in [9.17, 15) is 14.9 Å². The van der Waals surface area contributed by atoms with E-state index in [4.69, 9.17) is 56.8 Å². The lowest BCUT2D eigenvalue weighted by Gasteiger charge is -2.39. The van der Waals surface area contributed by atoms with E-state index in [1.54, 1.807) is 0 Å². The predicted molar refractivity (Wildman–Crippen MR) is 440 cm³/mol. The van der Waals surface area contributed by atoms with Gasteiger partial charge in [0.1, 0.15) is 5.60 Å². The van der Waals surface area contributed by atoms with Gasteiger partial charge in [-0.2, -0.15) is 5.26 Å². The zero-order valence-electron chi connectivity index (χ0n) is 73.9. The number of carbonyl (C=O) groups is 2. The second kappa shape index (κ2) is 47.6. The second-order valence-electron chi connectivity index (χ2n) is 37.3. The number of fused-ring (bicyclic) bond motifs is 8. The maximum atomic E-state index is 12.9. The zero-order chi connectivity index (χ0) is 79.6. The van der Waals surface area contributed by atoms with E-state index in [0.29, 0.717) is 98.3 Å². The molecule has 1 saturated heterocycles. The Bertz CT molecular complexity index is 2510. The van der Waals surface area contributed by atoms with Crippen molar-refractivity contribution in [2.75, 3.05) is 52.9 Å². The van der Waals surface area contributed by atoms with Crippen molar-refractivity contribution >= 4 is 11.9 Å². The zero-order valence-corrected chi connectivity index (χ0v) is 73.9. The maximum absolute atomic E-state index is 12.9. The van der Waals surface area contributed by atoms with Crippen LogP contribution in [0.4, 0.5) is 0 Å². The molecule has 11 saturated carbocycles. The Kier molecular flexibility index (Phi) is 40.5. The van der Waals surface area contributed by atoms with E-state index in [2.05, 4.69) is 96.1 Å². The Balaban J connectivity index is 0.000000178. The fourth-order valence-electron chi connectivity index (χ4n) is 25.3. The molecule has 15 nitrogen and oxygen atoms in total. The number of hydrogen-bond donors (Lipinski definition) is 0. The Morgan fingerprint density at radius 3 is 1.40 bits per heavy atom. The molecule has 0 radical (unpaired) electrons. The van der Waals surface area contributed by atoms with Crippen LogP contribution in [0.5, 0.6) is 0 Å². The molecule has 11 aliphatic carbocycles. The van der Waals surface area contributed by atoms with Gasteiger partial charge in [0.2, 0.25) is 0 Å². The van der Waals surface area contributed by atoms with Crippen LogP contribution in [0, 0.1) is 153 Å². The summed E-state index contributed by atoms with van der Waals surface area (Å²) in [6.07, 6.45) is 38.6. The average Bonchev–Trinajstić information content (AvgIpc) is 1.44. The maximum Gasteiger partial charge on any atom is 0.309 e. The highest BCUT2D eigenvalue weighted by molar-refractivity contribution is 5.75. The van der Waals surface area contributed by atoms with Gasteiger partial charge in [0.05, 0.1) is 69.8 Å². The molecule has 12 rings (SSSR count). The van der Waals surface area contributed by atoms with Crippen molar-refractivity contribution in [3.63, 3.8) is 0 Å². The molecule has 1 aliphatic heterocycles. The minimum atomic E-state index is -0.280. The van der Waals surface area contributed by atoms with Crippen LogP contribution in [-0.2, 0) is 66.4 Å². The smallest absolute Gasteiger partial charge is 0.309 e. The van der Waals surface area contributed by atoms with Crippen LogP contribution in [0.2, 0.25) is 0 Å². The first-order valence-corrected chi connectivity index (χ1v) is 47.2. The van der Waals surface area contributed by atoms with E-state index in [-0.39, 0.29) is 61.0 Å². The summed E-state index contributed by atoms with van der Waals surface area (Å²) in [5.41, 5.74) is -0.223. The molecular formula is C95H169NO14. The summed E-state index contributed by atoms with van der Waals surface area (Å²) < 4.78 is 71.1. The number of nitriles is 1. The minimum Gasteiger partial charge on any atom is -0.465 e. The SMILES string of the molecule is CCC1CC(CC)C(COC(C)OC2CCCCC2)C1COC(C)OC1CCCCC1.CCC1CC(CC)C2C(=O)OCC12.CCC1CC(CC)C2C3CC(CC3C#N)C12.CCOC(C)OC(CC(=O)OC1(CC)CCCC1)C1CC(CC)CC1CC.CCOC(C)OCC1C2CC(C(C)C2C)C1COC(C)OCC. The third-order valence-corrected chi connectivity index (χ3v) is 31.6. The van der Waals surface area contributed by atoms with Gasteiger partial charge in [0.25, 0.3) is 0 Å². The largest absolute Gasteiger partial charge is 0.465 e. The van der Waals surface area contributed by atoms with Crippen LogP contribution in [-0.4, -0.2) is 120 Å². The number of rotatable bonds is 37. The van der Waals surface area contributed by atoms with Crippen molar-refractivity contribution in [3.8, 4) is 6.07 Å². The van der Waals surface area contributed by atoms with Gasteiger partial charge in [-0.3, -0.25) is 9.59 Å². The van der Waals surface area contributed by atoms with E-state index in [0.717, 1.165) is 148 Å². The molecule has 30 atom stereocenters. The normalized spacial score (nSPS) is 37.6. The lowest BCUT2D eigenvalue weighted by atomic mass is 9.70. The number of carbonyl (C=O) groups excluding carboxylic acids is 2. The van der Waals surface area contributed by atoms with E-state index in [1.165, 1.54) is 161 Å². The van der Waals surface area contributed by atoms with Gasteiger partial charge in [-0.25, -0.2) is 0 Å². The summed E-state index contributed by atoms with van der Waals surface area (Å²) in [4.78, 5) is 24.3. The summed E-state index contributed by atoms with van der Waals surface area (Å²) in [6.45, 7) is 47.3. The highest BCUT2D eigenvalue weighted by atomic mass is 16.7. The van der Waals surface area contributed by atoms with Crippen LogP contribution in [0.3, 0.4) is 0 Å². The van der Waals surface area contributed by atoms with Crippen molar-refractivity contribution in [1.82, 2.24) is 0 Å². The highest BCUT2D eigenvalue weighted by Crippen LogP contribution is 2.66. The highest BCUT2D eigenvalue weighted by Gasteiger charge is 2.60. The van der Waals surface area contributed by atoms with Crippen LogP contribution in [0.15, 0.2) is 0 Å². The predicted octanol–water partition coefficient (Wildman–Crippen LogP) is 23.0. The minimum absolute atomic E-state index is 0.0767. The van der Waals surface area contributed by atoms with Crippen molar-refractivity contribution in [2.45, 2.75) is 392 Å². The van der Waals surface area contributed by atoms with Crippen LogP contribution in [0.1, 0.15) is 337 Å². The van der Waals surface area contributed by atoms with Crippen molar-refractivity contribution in [3.05, 3.63) is 0 Å². The van der Waals surface area contributed by atoms with Gasteiger partial charge in [-0.15, -0.1) is 0 Å². The number of esters is 2. The van der Waals surface area contributed by atoms with Gasteiger partial charge >= 0.3 is 11.9 Å². The van der Waals surface area contributed by atoms with Gasteiger partial charge < -0.3 is 56.8 Å². The van der Waals surface area contributed by atoms with Gasteiger partial charge in [-0.1, -0.05) is 166 Å². The summed E-state index contributed by atoms with van der Waals surface area (Å²) in [7, 11) is 0. The quantitative estimate of drug-likeness (QED) is 0.0425. The first-order chi connectivity index (χ1) is 53.1. The summed E-state index contributed by atoms with van der Waals surface area (Å²) in [5.74, 6) is 16.8. The lowest BCUT2D eigenvalue weighted by Crippen LogP contribution is -2.38. The number of ether oxygens (including phenoxy) is 12. The topological polar surface area (TPSA) is 169 Å². The lowest BCUT2D eigenvalue weighted by molar-refractivity contribution is -0.188. The molecule has 1 heterocycles. The Labute approximate surface area is 673 Å². The molecular weight excluding hydrogens is 1380 g/mol. The second-order valence-corrected chi connectivity index (χ2v) is 37.3. The van der Waals surface area contributed by atoms with Gasteiger partial charge in [-0.05, 0) is 289 Å². The molecule has 0 aromatic heterocycles. The molecule has 4 bridgehead atoms.